The van der Waals surface area contributed by atoms with E-state index >= 15 is 0 Å². The normalized spacial score (nSPS) is 16.3. The topological polar surface area (TPSA) is 89.2 Å². The summed E-state index contributed by atoms with van der Waals surface area (Å²) in [6.45, 7) is 1.80. The third-order valence-corrected chi connectivity index (χ3v) is 4.63. The number of hydrogen-bond donors (Lipinski definition) is 1. The molecule has 7 nitrogen and oxygen atoms in total. The van der Waals surface area contributed by atoms with Crippen molar-refractivity contribution in [3.8, 4) is 0 Å². The van der Waals surface area contributed by atoms with E-state index in [0.29, 0.717) is 41.5 Å². The minimum atomic E-state index is -0.421. The second kappa shape index (κ2) is 8.57. The van der Waals surface area contributed by atoms with Gasteiger partial charge in [0.1, 0.15) is 11.4 Å². The summed E-state index contributed by atoms with van der Waals surface area (Å²) in [5.74, 6) is -0.413. The smallest absolute Gasteiger partial charge is 0.257 e. The summed E-state index contributed by atoms with van der Waals surface area (Å²) in [6, 6.07) is 5.93. The Bertz CT molecular complexity index is 813. The number of carbonyl (C=O) groups excluding carboxylic acids is 2. The summed E-state index contributed by atoms with van der Waals surface area (Å²) in [5.41, 5.74) is 0.873. The van der Waals surface area contributed by atoms with Gasteiger partial charge in [-0.15, -0.1) is 0 Å². The number of hydrogen-bond acceptors (Lipinski definition) is 4. The van der Waals surface area contributed by atoms with Gasteiger partial charge in [0.2, 0.25) is 5.91 Å². The predicted molar refractivity (Wildman–Crippen MR) is 94.9 cm³/mol. The van der Waals surface area contributed by atoms with Gasteiger partial charge in [-0.1, -0.05) is 0 Å². The lowest BCUT2D eigenvalue weighted by Gasteiger charge is -2.16. The summed E-state index contributed by atoms with van der Waals surface area (Å²) in [7, 11) is 0. The molecule has 1 saturated heterocycles. The van der Waals surface area contributed by atoms with E-state index in [1.165, 1.54) is 30.6 Å². The van der Waals surface area contributed by atoms with E-state index in [9.17, 15) is 19.2 Å². The molecule has 2 aromatic heterocycles. The lowest BCUT2D eigenvalue weighted by molar-refractivity contribution is -0.605. The molecule has 2 amide bonds. The summed E-state index contributed by atoms with van der Waals surface area (Å²) in [5, 5.41) is 14.0. The van der Waals surface area contributed by atoms with Crippen LogP contribution in [0.4, 0.5) is 4.39 Å². The van der Waals surface area contributed by atoms with Crippen molar-refractivity contribution in [2.45, 2.75) is 19.3 Å². The van der Waals surface area contributed by atoms with Gasteiger partial charge in [-0.2, -0.15) is 4.73 Å². The Morgan fingerprint density at radius 2 is 2.22 bits per heavy atom. The van der Waals surface area contributed by atoms with Crippen LogP contribution >= 0.6 is 0 Å². The standard InChI is InChI=1S/C19H21FN4O3/c20-16-3-4-17(22-11-16)10-18(25)23-9-6-14(12-23)5-7-21-19(26)15-2-1-8-24(27)13-15/h1-4,8,11,13-14H,5-7,9-10,12H2,(H,21,26)/t14-/m0/s1. The van der Waals surface area contributed by atoms with Crippen molar-refractivity contribution in [3.63, 3.8) is 0 Å². The van der Waals surface area contributed by atoms with E-state index in [4.69, 9.17) is 0 Å². The molecule has 0 saturated carbocycles. The maximum Gasteiger partial charge on any atom is 0.257 e. The van der Waals surface area contributed by atoms with Gasteiger partial charge in [-0.05, 0) is 37.0 Å². The lowest BCUT2D eigenvalue weighted by Crippen LogP contribution is -2.32. The monoisotopic (exact) mass is 372 g/mol. The van der Waals surface area contributed by atoms with Crippen molar-refractivity contribution in [2.24, 2.45) is 5.92 Å². The molecule has 1 atom stereocenters. The third-order valence-electron chi connectivity index (χ3n) is 4.63. The number of pyridine rings is 2. The Hall–Kier alpha value is -3.03. The molecule has 0 bridgehead atoms. The van der Waals surface area contributed by atoms with Gasteiger partial charge < -0.3 is 15.4 Å². The van der Waals surface area contributed by atoms with Crippen molar-refractivity contribution >= 4 is 11.8 Å². The molecule has 0 spiro atoms. The Morgan fingerprint density at radius 1 is 1.37 bits per heavy atom. The zero-order valence-corrected chi connectivity index (χ0v) is 14.8. The Kier molecular flexibility index (Phi) is 5.95. The quantitative estimate of drug-likeness (QED) is 0.607. The van der Waals surface area contributed by atoms with E-state index in [-0.39, 0.29) is 18.2 Å². The molecule has 0 unspecified atom stereocenters. The summed E-state index contributed by atoms with van der Waals surface area (Å²) >= 11 is 0. The van der Waals surface area contributed by atoms with Crippen molar-refractivity contribution in [2.75, 3.05) is 19.6 Å². The van der Waals surface area contributed by atoms with E-state index in [1.54, 1.807) is 11.0 Å². The first kappa shape index (κ1) is 18.8. The maximum absolute atomic E-state index is 12.9. The van der Waals surface area contributed by atoms with Gasteiger partial charge in [-0.25, -0.2) is 4.39 Å². The van der Waals surface area contributed by atoms with E-state index < -0.39 is 5.82 Å². The van der Waals surface area contributed by atoms with Crippen molar-refractivity contribution in [1.82, 2.24) is 15.2 Å². The molecule has 1 aliphatic heterocycles. The fourth-order valence-corrected chi connectivity index (χ4v) is 3.15. The molecule has 8 heteroatoms. The predicted octanol–water partition coefficient (Wildman–Crippen LogP) is 1.07. The molecule has 3 heterocycles. The van der Waals surface area contributed by atoms with Crippen molar-refractivity contribution in [3.05, 3.63) is 65.1 Å². The highest BCUT2D eigenvalue weighted by atomic mass is 19.1. The molecule has 0 aromatic carbocycles. The molecule has 142 valence electrons. The minimum Gasteiger partial charge on any atom is -0.619 e. The van der Waals surface area contributed by atoms with Crippen LogP contribution in [0.3, 0.4) is 0 Å². The van der Waals surface area contributed by atoms with Crippen LogP contribution in [-0.2, 0) is 11.2 Å². The number of likely N-dealkylation sites (tertiary alicyclic amines) is 1. The van der Waals surface area contributed by atoms with Crippen LogP contribution in [-0.4, -0.2) is 41.3 Å². The van der Waals surface area contributed by atoms with Gasteiger partial charge in [0.15, 0.2) is 12.4 Å². The highest BCUT2D eigenvalue weighted by Gasteiger charge is 2.26. The number of carbonyl (C=O) groups is 2. The molecule has 1 fully saturated rings. The second-order valence-electron chi connectivity index (χ2n) is 6.64. The van der Waals surface area contributed by atoms with Gasteiger partial charge >= 0.3 is 0 Å². The average molecular weight is 372 g/mol. The van der Waals surface area contributed by atoms with Crippen LogP contribution in [0, 0.1) is 16.9 Å². The minimum absolute atomic E-state index is 0.0232. The SMILES string of the molecule is O=C(NCC[C@H]1CCN(C(=O)Cc2ccc(F)cn2)C1)c1ccc[n+]([O-])c1. The number of nitrogens with zero attached hydrogens (tertiary/aromatic N) is 3. The molecular weight excluding hydrogens is 351 g/mol. The second-order valence-corrected chi connectivity index (χ2v) is 6.64. The average Bonchev–Trinajstić information content (AvgIpc) is 3.12. The Morgan fingerprint density at radius 3 is 2.96 bits per heavy atom. The third kappa shape index (κ3) is 5.22. The van der Waals surface area contributed by atoms with Crippen LogP contribution in [0.2, 0.25) is 0 Å². The highest BCUT2D eigenvalue weighted by Crippen LogP contribution is 2.20. The van der Waals surface area contributed by atoms with Crippen LogP contribution in [0.25, 0.3) is 0 Å². The zero-order valence-electron chi connectivity index (χ0n) is 14.8. The first-order valence-corrected chi connectivity index (χ1v) is 8.86. The molecule has 3 rings (SSSR count). The van der Waals surface area contributed by atoms with Crippen LogP contribution in [0.15, 0.2) is 42.9 Å². The molecular formula is C19H21FN4O3. The fourth-order valence-electron chi connectivity index (χ4n) is 3.15. The number of aromatic nitrogens is 2. The summed E-state index contributed by atoms with van der Waals surface area (Å²) in [6.07, 6.45) is 5.46. The molecule has 0 radical (unpaired) electrons. The van der Waals surface area contributed by atoms with E-state index in [0.717, 1.165) is 19.0 Å². The summed E-state index contributed by atoms with van der Waals surface area (Å²) in [4.78, 5) is 30.0. The number of amides is 2. The maximum atomic E-state index is 12.9. The number of rotatable bonds is 6. The zero-order chi connectivity index (χ0) is 19.2. The van der Waals surface area contributed by atoms with Crippen LogP contribution < -0.4 is 10.0 Å². The first-order valence-electron chi connectivity index (χ1n) is 8.86. The van der Waals surface area contributed by atoms with Crippen molar-refractivity contribution in [1.29, 1.82) is 0 Å². The molecule has 0 aliphatic carbocycles. The number of nitrogens with one attached hydrogen (secondary N) is 1. The largest absolute Gasteiger partial charge is 0.619 e. The van der Waals surface area contributed by atoms with Crippen LogP contribution in [0.5, 0.6) is 0 Å². The van der Waals surface area contributed by atoms with E-state index in [1.807, 2.05) is 0 Å². The van der Waals surface area contributed by atoms with Gasteiger partial charge in [-0.3, -0.25) is 14.6 Å². The molecule has 27 heavy (non-hydrogen) atoms. The summed E-state index contributed by atoms with van der Waals surface area (Å²) < 4.78 is 13.5. The van der Waals surface area contributed by atoms with Crippen molar-refractivity contribution < 1.29 is 18.7 Å². The fraction of sp³-hybridized carbons (Fsp3) is 0.368. The highest BCUT2D eigenvalue weighted by molar-refractivity contribution is 5.93. The Balaban J connectivity index is 1.41. The van der Waals surface area contributed by atoms with Crippen LogP contribution in [0.1, 0.15) is 28.9 Å². The van der Waals surface area contributed by atoms with E-state index in [2.05, 4.69) is 10.3 Å². The van der Waals surface area contributed by atoms with Gasteiger partial charge in [0.05, 0.1) is 12.6 Å². The molecule has 1 aliphatic rings. The molecule has 1 N–H and O–H groups in total. The number of halogens is 1. The first-order chi connectivity index (χ1) is 13.0. The van der Waals surface area contributed by atoms with Gasteiger partial charge in [0.25, 0.3) is 5.91 Å². The van der Waals surface area contributed by atoms with Gasteiger partial charge in [0, 0.05) is 31.4 Å². The Labute approximate surface area is 156 Å². The lowest BCUT2D eigenvalue weighted by atomic mass is 10.1. The molecule has 2 aromatic rings.